The van der Waals surface area contributed by atoms with Gasteiger partial charge in [-0.1, -0.05) is 19.4 Å². The fraction of sp³-hybridized carbons (Fsp3) is 0.400. The zero-order chi connectivity index (χ0) is 13.7. The summed E-state index contributed by atoms with van der Waals surface area (Å²) < 4.78 is 13.9. The Kier molecular flexibility index (Phi) is 5.08. The van der Waals surface area contributed by atoms with Gasteiger partial charge in [-0.3, -0.25) is 4.79 Å². The molecule has 1 rings (SSSR count). The van der Waals surface area contributed by atoms with Crippen LogP contribution in [0.2, 0.25) is 0 Å². The number of benzene rings is 1. The predicted molar refractivity (Wildman–Crippen MR) is 71.0 cm³/mol. The van der Waals surface area contributed by atoms with Crippen LogP contribution in [0.15, 0.2) is 18.2 Å². The monoisotopic (exact) mass is 250 g/mol. The molecule has 2 nitrogen and oxygen atoms in total. The quantitative estimate of drug-likeness (QED) is 0.854. The summed E-state index contributed by atoms with van der Waals surface area (Å²) in [6, 6.07) is 3.31. The first-order valence-electron chi connectivity index (χ1n) is 6.13. The summed E-state index contributed by atoms with van der Waals surface area (Å²) in [6.45, 7) is 5.79. The molecule has 98 valence electrons. The van der Waals surface area contributed by atoms with Crippen molar-refractivity contribution in [2.24, 2.45) is 0 Å². The molecule has 0 atom stereocenters. The van der Waals surface area contributed by atoms with Crippen molar-refractivity contribution < 1.29 is 14.3 Å². The standard InChI is InChI=1S/C15H19FO2/c1-4-5-12(6-7-15(17)18)13-8-10(2)11(3)9-14(13)16/h6,8-9H,4-5,7H2,1-3H3,(H,17,18)/b12-6+. The van der Waals surface area contributed by atoms with Gasteiger partial charge in [0.25, 0.3) is 0 Å². The molecule has 1 aromatic carbocycles. The number of halogens is 1. The Morgan fingerprint density at radius 3 is 2.50 bits per heavy atom. The Balaban J connectivity index is 3.17. The smallest absolute Gasteiger partial charge is 0.307 e. The minimum absolute atomic E-state index is 0.0678. The topological polar surface area (TPSA) is 37.3 Å². The Bertz CT molecular complexity index is 476. The second kappa shape index (κ2) is 6.34. The van der Waals surface area contributed by atoms with E-state index in [0.717, 1.165) is 23.1 Å². The third-order valence-electron chi connectivity index (χ3n) is 2.97. The number of carboxylic acid groups (broad SMARTS) is 1. The van der Waals surface area contributed by atoms with Crippen LogP contribution < -0.4 is 0 Å². The van der Waals surface area contributed by atoms with Crippen molar-refractivity contribution in [3.63, 3.8) is 0 Å². The summed E-state index contributed by atoms with van der Waals surface area (Å²) in [5, 5.41) is 8.71. The lowest BCUT2D eigenvalue weighted by atomic mass is 9.96. The van der Waals surface area contributed by atoms with E-state index in [0.29, 0.717) is 12.0 Å². The molecule has 0 aliphatic rings. The molecule has 0 saturated carbocycles. The zero-order valence-corrected chi connectivity index (χ0v) is 11.1. The largest absolute Gasteiger partial charge is 0.481 e. The molecule has 0 radical (unpaired) electrons. The molecule has 0 amide bonds. The molecule has 3 heteroatoms. The van der Waals surface area contributed by atoms with E-state index in [1.165, 1.54) is 6.07 Å². The van der Waals surface area contributed by atoms with E-state index in [1.807, 2.05) is 20.8 Å². The van der Waals surface area contributed by atoms with E-state index >= 15 is 0 Å². The van der Waals surface area contributed by atoms with Gasteiger partial charge in [-0.25, -0.2) is 4.39 Å². The molecular weight excluding hydrogens is 231 g/mol. The molecule has 1 aromatic rings. The minimum atomic E-state index is -0.896. The summed E-state index contributed by atoms with van der Waals surface area (Å²) >= 11 is 0. The lowest BCUT2D eigenvalue weighted by Crippen LogP contribution is -1.97. The van der Waals surface area contributed by atoms with Crippen LogP contribution in [0, 0.1) is 19.7 Å². The van der Waals surface area contributed by atoms with Crippen LogP contribution >= 0.6 is 0 Å². The lowest BCUT2D eigenvalue weighted by molar-refractivity contribution is -0.135. The highest BCUT2D eigenvalue weighted by Gasteiger charge is 2.10. The molecule has 1 N–H and O–H groups in total. The van der Waals surface area contributed by atoms with Gasteiger partial charge < -0.3 is 5.11 Å². The van der Waals surface area contributed by atoms with Crippen LogP contribution in [0.3, 0.4) is 0 Å². The first-order chi connectivity index (χ1) is 8.45. The van der Waals surface area contributed by atoms with Gasteiger partial charge in [-0.2, -0.15) is 0 Å². The maximum absolute atomic E-state index is 13.9. The Morgan fingerprint density at radius 1 is 1.33 bits per heavy atom. The number of carboxylic acids is 1. The Hall–Kier alpha value is -1.64. The van der Waals surface area contributed by atoms with E-state index in [2.05, 4.69) is 0 Å². The third kappa shape index (κ3) is 3.69. The third-order valence-corrected chi connectivity index (χ3v) is 2.97. The number of aliphatic carboxylic acids is 1. The molecule has 0 fully saturated rings. The number of hydrogen-bond acceptors (Lipinski definition) is 1. The molecule has 0 spiro atoms. The second-order valence-electron chi connectivity index (χ2n) is 4.49. The number of allylic oxidation sites excluding steroid dienone is 1. The highest BCUT2D eigenvalue weighted by molar-refractivity contribution is 5.74. The Morgan fingerprint density at radius 2 is 1.94 bits per heavy atom. The van der Waals surface area contributed by atoms with E-state index in [4.69, 9.17) is 5.11 Å². The summed E-state index contributed by atoms with van der Waals surface area (Å²) in [7, 11) is 0. The van der Waals surface area contributed by atoms with Gasteiger partial charge in [0.1, 0.15) is 5.82 Å². The van der Waals surface area contributed by atoms with E-state index in [9.17, 15) is 9.18 Å². The number of hydrogen-bond donors (Lipinski definition) is 1. The fourth-order valence-corrected chi connectivity index (χ4v) is 1.85. The summed E-state index contributed by atoms with van der Waals surface area (Å²) in [5.41, 5.74) is 3.23. The number of aryl methyl sites for hydroxylation is 2. The van der Waals surface area contributed by atoms with Gasteiger partial charge in [0, 0.05) is 5.56 Å². The van der Waals surface area contributed by atoms with Crippen molar-refractivity contribution in [1.29, 1.82) is 0 Å². The molecule has 0 bridgehead atoms. The maximum atomic E-state index is 13.9. The molecule has 0 aliphatic heterocycles. The van der Waals surface area contributed by atoms with Crippen molar-refractivity contribution in [2.45, 2.75) is 40.0 Å². The molecule has 0 unspecified atom stereocenters. The van der Waals surface area contributed by atoms with E-state index in [-0.39, 0.29) is 12.2 Å². The minimum Gasteiger partial charge on any atom is -0.481 e. The van der Waals surface area contributed by atoms with Gasteiger partial charge in [0.05, 0.1) is 6.42 Å². The van der Waals surface area contributed by atoms with Crippen molar-refractivity contribution in [1.82, 2.24) is 0 Å². The lowest BCUT2D eigenvalue weighted by Gasteiger charge is -2.11. The highest BCUT2D eigenvalue weighted by Crippen LogP contribution is 2.26. The molecule has 0 heterocycles. The van der Waals surface area contributed by atoms with E-state index < -0.39 is 5.97 Å². The summed E-state index contributed by atoms with van der Waals surface area (Å²) in [6.07, 6.45) is 3.09. The average Bonchev–Trinajstić information content (AvgIpc) is 2.29. The summed E-state index contributed by atoms with van der Waals surface area (Å²) in [5.74, 6) is -1.17. The van der Waals surface area contributed by atoms with Crippen molar-refractivity contribution >= 4 is 11.5 Å². The molecule has 0 aromatic heterocycles. The normalized spacial score (nSPS) is 11.7. The van der Waals surface area contributed by atoms with Gasteiger partial charge >= 0.3 is 5.97 Å². The van der Waals surface area contributed by atoms with Gasteiger partial charge in [0.2, 0.25) is 0 Å². The van der Waals surface area contributed by atoms with Crippen molar-refractivity contribution in [2.75, 3.05) is 0 Å². The zero-order valence-electron chi connectivity index (χ0n) is 11.1. The first-order valence-corrected chi connectivity index (χ1v) is 6.13. The SMILES string of the molecule is CCC/C(=C\CC(=O)O)c1cc(C)c(C)cc1F. The van der Waals surface area contributed by atoms with Gasteiger partial charge in [-0.05, 0) is 49.1 Å². The second-order valence-corrected chi connectivity index (χ2v) is 4.49. The predicted octanol–water partition coefficient (Wildman–Crippen LogP) is 4.10. The average molecular weight is 250 g/mol. The van der Waals surface area contributed by atoms with Crippen LogP contribution in [0.25, 0.3) is 5.57 Å². The van der Waals surface area contributed by atoms with Gasteiger partial charge in [0.15, 0.2) is 0 Å². The molecule has 0 saturated heterocycles. The van der Waals surface area contributed by atoms with E-state index in [1.54, 1.807) is 12.1 Å². The van der Waals surface area contributed by atoms with Crippen LogP contribution in [-0.2, 0) is 4.79 Å². The first kappa shape index (κ1) is 14.4. The van der Waals surface area contributed by atoms with Crippen LogP contribution in [0.4, 0.5) is 4.39 Å². The van der Waals surface area contributed by atoms with Crippen molar-refractivity contribution in [3.8, 4) is 0 Å². The Labute approximate surface area is 107 Å². The van der Waals surface area contributed by atoms with Crippen molar-refractivity contribution in [3.05, 3.63) is 40.7 Å². The van der Waals surface area contributed by atoms with Crippen LogP contribution in [0.1, 0.15) is 42.9 Å². The molecule has 0 aliphatic carbocycles. The fourth-order valence-electron chi connectivity index (χ4n) is 1.85. The summed E-state index contributed by atoms with van der Waals surface area (Å²) in [4.78, 5) is 10.6. The highest BCUT2D eigenvalue weighted by atomic mass is 19.1. The maximum Gasteiger partial charge on any atom is 0.307 e. The number of carbonyl (C=O) groups is 1. The molecular formula is C15H19FO2. The number of rotatable bonds is 5. The molecule has 18 heavy (non-hydrogen) atoms. The van der Waals surface area contributed by atoms with Crippen LogP contribution in [-0.4, -0.2) is 11.1 Å². The van der Waals surface area contributed by atoms with Crippen LogP contribution in [0.5, 0.6) is 0 Å². The van der Waals surface area contributed by atoms with Gasteiger partial charge in [-0.15, -0.1) is 0 Å².